The Morgan fingerprint density at radius 2 is 2.50 bits per heavy atom. The van der Waals surface area contributed by atoms with Crippen LogP contribution in [0.2, 0.25) is 0 Å². The molecule has 1 atom stereocenters. The van der Waals surface area contributed by atoms with E-state index in [1.54, 1.807) is 6.26 Å². The third-order valence-electron chi connectivity index (χ3n) is 2.77. The van der Waals surface area contributed by atoms with Crippen LogP contribution >= 0.6 is 0 Å². The highest BCUT2D eigenvalue weighted by atomic mass is 16.3. The molecule has 1 aromatic rings. The normalized spacial score (nSPS) is 22.5. The Bertz CT molecular complexity index is 277. The van der Waals surface area contributed by atoms with Crippen LogP contribution in [-0.2, 0) is 12.8 Å². The molecule has 0 aromatic carbocycles. The Kier molecular flexibility index (Phi) is 3.19. The van der Waals surface area contributed by atoms with Gasteiger partial charge in [-0.25, -0.2) is 4.98 Å². The second-order valence-corrected chi connectivity index (χ2v) is 3.94. The predicted molar refractivity (Wildman–Crippen MR) is 55.2 cm³/mol. The van der Waals surface area contributed by atoms with Crippen molar-refractivity contribution in [2.45, 2.75) is 45.1 Å². The van der Waals surface area contributed by atoms with Gasteiger partial charge in [-0.05, 0) is 19.4 Å². The van der Waals surface area contributed by atoms with Gasteiger partial charge in [0.25, 0.3) is 0 Å². The van der Waals surface area contributed by atoms with E-state index in [2.05, 4.69) is 17.2 Å². The van der Waals surface area contributed by atoms with E-state index in [9.17, 15) is 0 Å². The molecule has 2 heterocycles. The Balaban J connectivity index is 1.89. The number of rotatable bonds is 3. The van der Waals surface area contributed by atoms with Crippen molar-refractivity contribution < 1.29 is 4.42 Å². The van der Waals surface area contributed by atoms with Crippen molar-refractivity contribution in [1.29, 1.82) is 0 Å². The highest BCUT2D eigenvalue weighted by molar-refractivity contribution is 4.99. The Morgan fingerprint density at radius 3 is 3.14 bits per heavy atom. The summed E-state index contributed by atoms with van der Waals surface area (Å²) in [5, 5.41) is 3.51. The van der Waals surface area contributed by atoms with Gasteiger partial charge < -0.3 is 9.73 Å². The maximum absolute atomic E-state index is 5.32. The Morgan fingerprint density at radius 1 is 1.57 bits per heavy atom. The van der Waals surface area contributed by atoms with E-state index in [0.717, 1.165) is 31.0 Å². The minimum absolute atomic E-state index is 0.610. The van der Waals surface area contributed by atoms with Crippen LogP contribution in [0, 0.1) is 0 Å². The molecule has 3 nitrogen and oxygen atoms in total. The zero-order valence-electron chi connectivity index (χ0n) is 8.75. The van der Waals surface area contributed by atoms with Gasteiger partial charge >= 0.3 is 0 Å². The van der Waals surface area contributed by atoms with Crippen LogP contribution in [0.15, 0.2) is 10.7 Å². The van der Waals surface area contributed by atoms with Gasteiger partial charge in [-0.1, -0.05) is 13.3 Å². The minimum atomic E-state index is 0.610. The highest BCUT2D eigenvalue weighted by Crippen LogP contribution is 2.12. The molecule has 0 bridgehead atoms. The average molecular weight is 194 g/mol. The van der Waals surface area contributed by atoms with E-state index in [-0.39, 0.29) is 0 Å². The number of nitrogens with zero attached hydrogens (tertiary/aromatic N) is 1. The van der Waals surface area contributed by atoms with Gasteiger partial charge in [-0.2, -0.15) is 0 Å². The molecule has 0 radical (unpaired) electrons. The molecule has 1 N–H and O–H groups in total. The van der Waals surface area contributed by atoms with Crippen molar-refractivity contribution in [2.75, 3.05) is 6.54 Å². The molecule has 0 aliphatic carbocycles. The molecule has 0 saturated carbocycles. The van der Waals surface area contributed by atoms with Crippen molar-refractivity contribution in [2.24, 2.45) is 0 Å². The predicted octanol–water partition coefficient (Wildman–Crippen LogP) is 1.92. The van der Waals surface area contributed by atoms with Crippen LogP contribution in [0.3, 0.4) is 0 Å². The first-order valence-electron chi connectivity index (χ1n) is 5.55. The summed E-state index contributed by atoms with van der Waals surface area (Å²) in [7, 11) is 0. The fraction of sp³-hybridized carbons (Fsp3) is 0.727. The summed E-state index contributed by atoms with van der Waals surface area (Å²) >= 11 is 0. The van der Waals surface area contributed by atoms with Gasteiger partial charge in [0.2, 0.25) is 0 Å². The van der Waals surface area contributed by atoms with E-state index in [1.807, 2.05) is 0 Å². The average Bonchev–Trinajstić information content (AvgIpc) is 2.67. The number of aryl methyl sites for hydroxylation is 1. The van der Waals surface area contributed by atoms with Crippen molar-refractivity contribution in [3.05, 3.63) is 17.8 Å². The number of nitrogens with one attached hydrogen (secondary N) is 1. The molecule has 1 aliphatic rings. The molecular formula is C11H18N2O. The third kappa shape index (κ3) is 2.35. The first kappa shape index (κ1) is 9.71. The quantitative estimate of drug-likeness (QED) is 0.799. The lowest BCUT2D eigenvalue weighted by Crippen LogP contribution is -2.35. The smallest absolute Gasteiger partial charge is 0.193 e. The van der Waals surface area contributed by atoms with E-state index < -0.39 is 0 Å². The van der Waals surface area contributed by atoms with E-state index in [1.165, 1.54) is 19.3 Å². The van der Waals surface area contributed by atoms with Crippen LogP contribution < -0.4 is 5.32 Å². The second kappa shape index (κ2) is 4.60. The molecule has 0 spiro atoms. The van der Waals surface area contributed by atoms with Crippen LogP contribution in [0.5, 0.6) is 0 Å². The lowest BCUT2D eigenvalue weighted by atomic mass is 10.0. The van der Waals surface area contributed by atoms with Crippen molar-refractivity contribution in [1.82, 2.24) is 10.3 Å². The molecule has 1 unspecified atom stereocenters. The molecule has 78 valence electrons. The van der Waals surface area contributed by atoms with Crippen LogP contribution in [0.1, 0.15) is 37.8 Å². The van der Waals surface area contributed by atoms with Gasteiger partial charge in [-0.3, -0.25) is 0 Å². The van der Waals surface area contributed by atoms with Gasteiger partial charge in [-0.15, -0.1) is 0 Å². The summed E-state index contributed by atoms with van der Waals surface area (Å²) in [6.45, 7) is 3.22. The molecule has 2 rings (SSSR count). The SMILES string of the molecule is CCc1nc(CC2CCCCN2)co1. The fourth-order valence-electron chi connectivity index (χ4n) is 1.96. The van der Waals surface area contributed by atoms with Gasteiger partial charge in [0.15, 0.2) is 5.89 Å². The Labute approximate surface area is 84.9 Å². The van der Waals surface area contributed by atoms with Gasteiger partial charge in [0, 0.05) is 18.9 Å². The molecule has 0 amide bonds. The summed E-state index contributed by atoms with van der Waals surface area (Å²) in [6.07, 6.45) is 7.64. The fourth-order valence-corrected chi connectivity index (χ4v) is 1.96. The Hall–Kier alpha value is -0.830. The second-order valence-electron chi connectivity index (χ2n) is 3.94. The minimum Gasteiger partial charge on any atom is -0.449 e. The van der Waals surface area contributed by atoms with Gasteiger partial charge in [0.05, 0.1) is 5.69 Å². The lowest BCUT2D eigenvalue weighted by molar-refractivity contribution is 0.396. The van der Waals surface area contributed by atoms with Crippen molar-refractivity contribution in [3.8, 4) is 0 Å². The zero-order valence-corrected chi connectivity index (χ0v) is 8.75. The number of aromatic nitrogens is 1. The van der Waals surface area contributed by atoms with Crippen molar-refractivity contribution >= 4 is 0 Å². The number of hydrogen-bond donors (Lipinski definition) is 1. The van der Waals surface area contributed by atoms with Crippen molar-refractivity contribution in [3.63, 3.8) is 0 Å². The molecule has 1 saturated heterocycles. The van der Waals surface area contributed by atoms with E-state index >= 15 is 0 Å². The molecule has 1 aromatic heterocycles. The summed E-state index contributed by atoms with van der Waals surface area (Å²) in [6, 6.07) is 0.610. The van der Waals surface area contributed by atoms with Gasteiger partial charge in [0.1, 0.15) is 6.26 Å². The molecule has 14 heavy (non-hydrogen) atoms. The molecule has 3 heteroatoms. The number of oxazole rings is 1. The van der Waals surface area contributed by atoms with Crippen LogP contribution in [0.4, 0.5) is 0 Å². The first-order valence-corrected chi connectivity index (χ1v) is 5.55. The number of hydrogen-bond acceptors (Lipinski definition) is 3. The van der Waals surface area contributed by atoms with Crippen LogP contribution in [-0.4, -0.2) is 17.6 Å². The molecular weight excluding hydrogens is 176 g/mol. The topological polar surface area (TPSA) is 38.1 Å². The first-order chi connectivity index (χ1) is 6.88. The monoisotopic (exact) mass is 194 g/mol. The van der Waals surface area contributed by atoms with Crippen LogP contribution in [0.25, 0.3) is 0 Å². The summed E-state index contributed by atoms with van der Waals surface area (Å²) in [5.74, 6) is 0.857. The lowest BCUT2D eigenvalue weighted by Gasteiger charge is -2.22. The largest absolute Gasteiger partial charge is 0.449 e. The maximum Gasteiger partial charge on any atom is 0.193 e. The van der Waals surface area contributed by atoms with E-state index in [0.29, 0.717) is 6.04 Å². The zero-order chi connectivity index (χ0) is 9.80. The van der Waals surface area contributed by atoms with E-state index in [4.69, 9.17) is 4.42 Å². The number of piperidine rings is 1. The maximum atomic E-state index is 5.32. The highest BCUT2D eigenvalue weighted by Gasteiger charge is 2.14. The third-order valence-corrected chi connectivity index (χ3v) is 2.77. The standard InChI is InChI=1S/C11H18N2O/c1-2-11-13-10(8-14-11)7-9-5-3-4-6-12-9/h8-9,12H,2-7H2,1H3. The summed E-state index contributed by atoms with van der Waals surface area (Å²) < 4.78 is 5.32. The molecule has 1 fully saturated rings. The summed E-state index contributed by atoms with van der Waals surface area (Å²) in [4.78, 5) is 4.42. The molecule has 1 aliphatic heterocycles. The summed E-state index contributed by atoms with van der Waals surface area (Å²) in [5.41, 5.74) is 1.10.